The van der Waals surface area contributed by atoms with E-state index in [4.69, 9.17) is 9.73 Å². The van der Waals surface area contributed by atoms with Gasteiger partial charge in [0, 0.05) is 23.1 Å². The molecule has 0 unspecified atom stereocenters. The number of benzene rings is 1. The lowest BCUT2D eigenvalue weighted by atomic mass is 10.1. The van der Waals surface area contributed by atoms with E-state index in [0.29, 0.717) is 6.54 Å². The Morgan fingerprint density at radius 1 is 1.18 bits per heavy atom. The summed E-state index contributed by atoms with van der Waals surface area (Å²) in [6.07, 6.45) is 0. The molecule has 0 saturated carbocycles. The minimum absolute atomic E-state index is 0.541. The number of halogens is 1. The topological polar surface area (TPSA) is 55.5 Å². The lowest BCUT2D eigenvalue weighted by Crippen LogP contribution is -2.41. The lowest BCUT2D eigenvalue weighted by Gasteiger charge is -2.30. The third-order valence-electron chi connectivity index (χ3n) is 4.01. The SMILES string of the molecule is Cc1nnc2n1-c1ccc(Br)cc1C(N1CCOCC1)=NC2. The fourth-order valence-electron chi connectivity index (χ4n) is 2.98. The predicted molar refractivity (Wildman–Crippen MR) is 86.4 cm³/mol. The molecule has 2 aromatic rings. The molecule has 2 aliphatic rings. The van der Waals surface area contributed by atoms with Crippen LogP contribution in [0.15, 0.2) is 27.7 Å². The second-order valence-electron chi connectivity index (χ2n) is 5.40. The third-order valence-corrected chi connectivity index (χ3v) is 4.51. The van der Waals surface area contributed by atoms with Gasteiger partial charge in [-0.15, -0.1) is 10.2 Å². The number of fused-ring (bicyclic) bond motifs is 3. The summed E-state index contributed by atoms with van der Waals surface area (Å²) in [5, 5.41) is 8.47. The van der Waals surface area contributed by atoms with E-state index >= 15 is 0 Å². The van der Waals surface area contributed by atoms with Crippen LogP contribution < -0.4 is 0 Å². The summed E-state index contributed by atoms with van der Waals surface area (Å²) in [4.78, 5) is 7.12. The fraction of sp³-hybridized carbons (Fsp3) is 0.400. The maximum Gasteiger partial charge on any atom is 0.159 e. The summed E-state index contributed by atoms with van der Waals surface area (Å²) >= 11 is 3.58. The Bertz CT molecular complexity index is 748. The first kappa shape index (κ1) is 13.9. The zero-order chi connectivity index (χ0) is 15.1. The highest BCUT2D eigenvalue weighted by Gasteiger charge is 2.25. The molecule has 0 N–H and O–H groups in total. The summed E-state index contributed by atoms with van der Waals surface area (Å²) in [5.41, 5.74) is 2.20. The maximum absolute atomic E-state index is 5.47. The fourth-order valence-corrected chi connectivity index (χ4v) is 3.34. The van der Waals surface area contributed by atoms with Crippen molar-refractivity contribution in [1.29, 1.82) is 0 Å². The molecule has 2 aliphatic heterocycles. The van der Waals surface area contributed by atoms with Crippen LogP contribution in [0.2, 0.25) is 0 Å². The zero-order valence-corrected chi connectivity index (χ0v) is 13.9. The van der Waals surface area contributed by atoms with Crippen LogP contribution in [-0.2, 0) is 11.3 Å². The number of hydrogen-bond acceptors (Lipinski definition) is 5. The van der Waals surface area contributed by atoms with Gasteiger partial charge in [0.25, 0.3) is 0 Å². The van der Waals surface area contributed by atoms with Gasteiger partial charge in [-0.1, -0.05) is 15.9 Å². The summed E-state index contributed by atoms with van der Waals surface area (Å²) in [6, 6.07) is 6.27. The first-order valence-corrected chi connectivity index (χ1v) is 8.11. The monoisotopic (exact) mass is 361 g/mol. The van der Waals surface area contributed by atoms with Gasteiger partial charge >= 0.3 is 0 Å². The molecule has 0 aliphatic carbocycles. The molecular formula is C15H16BrN5O. The molecule has 4 rings (SSSR count). The number of nitrogens with zero attached hydrogens (tertiary/aromatic N) is 5. The first-order chi connectivity index (χ1) is 10.7. The van der Waals surface area contributed by atoms with Gasteiger partial charge in [0.15, 0.2) is 5.82 Å². The number of amidine groups is 1. The van der Waals surface area contributed by atoms with Crippen LogP contribution >= 0.6 is 15.9 Å². The van der Waals surface area contributed by atoms with Crippen molar-refractivity contribution in [3.63, 3.8) is 0 Å². The van der Waals surface area contributed by atoms with E-state index in [1.54, 1.807) is 0 Å². The van der Waals surface area contributed by atoms with Crippen molar-refractivity contribution >= 4 is 21.8 Å². The third kappa shape index (κ3) is 2.24. The Morgan fingerprint density at radius 2 is 2.00 bits per heavy atom. The van der Waals surface area contributed by atoms with Crippen LogP contribution in [-0.4, -0.2) is 51.8 Å². The quantitative estimate of drug-likeness (QED) is 0.719. The van der Waals surface area contributed by atoms with Crippen molar-refractivity contribution in [2.24, 2.45) is 4.99 Å². The highest BCUT2D eigenvalue weighted by atomic mass is 79.9. The van der Waals surface area contributed by atoms with Crippen LogP contribution in [0.3, 0.4) is 0 Å². The molecule has 1 aromatic heterocycles. The van der Waals surface area contributed by atoms with Gasteiger partial charge in [-0.2, -0.15) is 0 Å². The van der Waals surface area contributed by atoms with Gasteiger partial charge < -0.3 is 9.64 Å². The van der Waals surface area contributed by atoms with Gasteiger partial charge in [-0.05, 0) is 25.1 Å². The summed E-state index contributed by atoms with van der Waals surface area (Å²) in [6.45, 7) is 5.73. The average molecular weight is 362 g/mol. The Morgan fingerprint density at radius 3 is 2.82 bits per heavy atom. The summed E-state index contributed by atoms with van der Waals surface area (Å²) < 4.78 is 8.60. The van der Waals surface area contributed by atoms with Crippen LogP contribution in [0.5, 0.6) is 0 Å². The van der Waals surface area contributed by atoms with E-state index in [0.717, 1.165) is 59.5 Å². The summed E-state index contributed by atoms with van der Waals surface area (Å²) in [5.74, 6) is 2.78. The van der Waals surface area contributed by atoms with E-state index in [-0.39, 0.29) is 0 Å². The van der Waals surface area contributed by atoms with Crippen molar-refractivity contribution in [3.8, 4) is 5.69 Å². The normalized spacial score (nSPS) is 17.5. The Labute approximate surface area is 136 Å². The molecule has 0 bridgehead atoms. The highest BCUT2D eigenvalue weighted by Crippen LogP contribution is 2.27. The van der Waals surface area contributed by atoms with Crippen molar-refractivity contribution < 1.29 is 4.74 Å². The summed E-state index contributed by atoms with van der Waals surface area (Å²) in [7, 11) is 0. The van der Waals surface area contributed by atoms with Gasteiger partial charge in [0.1, 0.15) is 18.2 Å². The molecule has 1 saturated heterocycles. The van der Waals surface area contributed by atoms with Crippen LogP contribution in [0.4, 0.5) is 0 Å². The van der Waals surface area contributed by atoms with E-state index in [1.165, 1.54) is 0 Å². The number of morpholine rings is 1. The molecule has 3 heterocycles. The predicted octanol–water partition coefficient (Wildman–Crippen LogP) is 1.93. The van der Waals surface area contributed by atoms with Crippen LogP contribution in [0.25, 0.3) is 5.69 Å². The lowest BCUT2D eigenvalue weighted by molar-refractivity contribution is 0.0682. The van der Waals surface area contributed by atoms with Gasteiger partial charge in [0.05, 0.1) is 18.9 Å². The van der Waals surface area contributed by atoms with Crippen molar-refractivity contribution in [3.05, 3.63) is 39.9 Å². The Balaban J connectivity index is 1.89. The molecule has 0 radical (unpaired) electrons. The number of aliphatic imine (C=N–C) groups is 1. The van der Waals surface area contributed by atoms with Gasteiger partial charge in [-0.25, -0.2) is 0 Å². The number of aryl methyl sites for hydroxylation is 1. The number of rotatable bonds is 0. The molecule has 6 nitrogen and oxygen atoms in total. The molecular weight excluding hydrogens is 346 g/mol. The molecule has 1 fully saturated rings. The smallest absolute Gasteiger partial charge is 0.159 e. The van der Waals surface area contributed by atoms with Crippen molar-refractivity contribution in [2.45, 2.75) is 13.5 Å². The molecule has 0 spiro atoms. The van der Waals surface area contributed by atoms with E-state index in [2.05, 4.69) is 47.7 Å². The number of ether oxygens (including phenoxy) is 1. The molecule has 0 atom stereocenters. The molecule has 0 amide bonds. The average Bonchev–Trinajstić information content (AvgIpc) is 2.82. The number of hydrogen-bond donors (Lipinski definition) is 0. The molecule has 114 valence electrons. The maximum atomic E-state index is 5.47. The van der Waals surface area contributed by atoms with Crippen LogP contribution in [0, 0.1) is 6.92 Å². The standard InChI is InChI=1S/C15H16BrN5O/c1-10-18-19-14-9-17-15(20-4-6-22-7-5-20)12-8-11(16)2-3-13(12)21(10)14/h2-3,8H,4-7,9H2,1H3. The first-order valence-electron chi connectivity index (χ1n) is 7.32. The zero-order valence-electron chi connectivity index (χ0n) is 12.3. The molecule has 1 aromatic carbocycles. The van der Waals surface area contributed by atoms with Gasteiger partial charge in [0.2, 0.25) is 0 Å². The second kappa shape index (κ2) is 5.48. The minimum Gasteiger partial charge on any atom is -0.378 e. The van der Waals surface area contributed by atoms with E-state index in [1.807, 2.05) is 13.0 Å². The largest absolute Gasteiger partial charge is 0.378 e. The van der Waals surface area contributed by atoms with E-state index < -0.39 is 0 Å². The van der Waals surface area contributed by atoms with Crippen LogP contribution in [0.1, 0.15) is 17.2 Å². The Kier molecular flexibility index (Phi) is 3.46. The Hall–Kier alpha value is -1.73. The van der Waals surface area contributed by atoms with Gasteiger partial charge in [-0.3, -0.25) is 9.56 Å². The van der Waals surface area contributed by atoms with Crippen molar-refractivity contribution in [2.75, 3.05) is 26.3 Å². The van der Waals surface area contributed by atoms with E-state index in [9.17, 15) is 0 Å². The number of aromatic nitrogens is 3. The minimum atomic E-state index is 0.541. The molecule has 22 heavy (non-hydrogen) atoms. The van der Waals surface area contributed by atoms with Crippen molar-refractivity contribution in [1.82, 2.24) is 19.7 Å². The highest BCUT2D eigenvalue weighted by molar-refractivity contribution is 9.10. The second-order valence-corrected chi connectivity index (χ2v) is 6.32. The molecule has 7 heteroatoms.